The van der Waals surface area contributed by atoms with Gasteiger partial charge in [-0.25, -0.2) is 5.48 Å². The Hall–Kier alpha value is -3.95. The van der Waals surface area contributed by atoms with Crippen molar-refractivity contribution >= 4 is 28.4 Å². The molecule has 0 saturated carbocycles. The second kappa shape index (κ2) is 10.3. The second-order valence-corrected chi connectivity index (χ2v) is 8.06. The number of ether oxygens (including phenoxy) is 1. The third kappa shape index (κ3) is 5.51. The SMILES string of the molecule is CC(=O)NC(CC(=O)NO)C1C=C(c2ccc(OCc3cc(C)nc4ccccc34)cc2)NO1. The van der Waals surface area contributed by atoms with Crippen LogP contribution in [0.4, 0.5) is 0 Å². The molecule has 0 radical (unpaired) electrons. The Morgan fingerprint density at radius 1 is 1.21 bits per heavy atom. The van der Waals surface area contributed by atoms with Crippen molar-refractivity contribution in [3.05, 3.63) is 77.5 Å². The minimum Gasteiger partial charge on any atom is -0.489 e. The molecule has 176 valence electrons. The number of fused-ring (bicyclic) bond motifs is 1. The first-order valence-electron chi connectivity index (χ1n) is 10.8. The first kappa shape index (κ1) is 23.2. The van der Waals surface area contributed by atoms with E-state index in [0.717, 1.165) is 27.7 Å². The Bertz CT molecular complexity index is 1230. The first-order valence-corrected chi connectivity index (χ1v) is 10.8. The largest absolute Gasteiger partial charge is 0.489 e. The predicted molar refractivity (Wildman–Crippen MR) is 125 cm³/mol. The number of aromatic nitrogens is 1. The number of hydroxylamine groups is 2. The Morgan fingerprint density at radius 2 is 1.97 bits per heavy atom. The summed E-state index contributed by atoms with van der Waals surface area (Å²) in [5.41, 5.74) is 8.92. The lowest BCUT2D eigenvalue weighted by atomic mass is 10.0. The van der Waals surface area contributed by atoms with E-state index in [9.17, 15) is 9.59 Å². The lowest BCUT2D eigenvalue weighted by molar-refractivity contribution is -0.131. The number of nitrogens with zero attached hydrogens (tertiary/aromatic N) is 1. The van der Waals surface area contributed by atoms with Gasteiger partial charge in [-0.05, 0) is 55.0 Å². The molecular formula is C25H26N4O5. The number of nitrogens with one attached hydrogen (secondary N) is 3. The summed E-state index contributed by atoms with van der Waals surface area (Å²) in [4.78, 5) is 33.2. The average Bonchev–Trinajstić information content (AvgIpc) is 3.32. The number of rotatable bonds is 8. The standard InChI is InChI=1S/C25H26N4O5/c1-15-11-18(20-5-3-4-6-21(20)26-15)14-33-19-9-7-17(8-10-19)22-12-24(34-29-22)23(27-16(2)30)13-25(31)28-32/h3-12,23-24,29,32H,13-14H2,1-2H3,(H,27,30)(H,28,31). The molecule has 0 bridgehead atoms. The topological polar surface area (TPSA) is 122 Å². The fraction of sp³-hybridized carbons (Fsp3) is 0.240. The molecule has 9 nitrogen and oxygen atoms in total. The summed E-state index contributed by atoms with van der Waals surface area (Å²) in [6, 6.07) is 16.9. The van der Waals surface area contributed by atoms with Crippen LogP contribution in [0.3, 0.4) is 0 Å². The molecule has 0 spiro atoms. The van der Waals surface area contributed by atoms with E-state index in [0.29, 0.717) is 18.1 Å². The van der Waals surface area contributed by atoms with Gasteiger partial charge in [-0.1, -0.05) is 18.2 Å². The summed E-state index contributed by atoms with van der Waals surface area (Å²) in [6.07, 6.45) is 1.06. The number of amides is 2. The lowest BCUT2D eigenvalue weighted by Crippen LogP contribution is -2.45. The maximum absolute atomic E-state index is 11.6. The van der Waals surface area contributed by atoms with E-state index >= 15 is 0 Å². The Labute approximate surface area is 196 Å². The van der Waals surface area contributed by atoms with Gasteiger partial charge in [-0.3, -0.25) is 30.1 Å². The molecule has 0 aliphatic carbocycles. The Morgan fingerprint density at radius 3 is 2.71 bits per heavy atom. The number of hydrogen-bond acceptors (Lipinski definition) is 7. The third-order valence-corrected chi connectivity index (χ3v) is 5.44. The van der Waals surface area contributed by atoms with Gasteiger partial charge in [0.05, 0.1) is 23.7 Å². The van der Waals surface area contributed by atoms with Crippen molar-refractivity contribution in [2.24, 2.45) is 0 Å². The van der Waals surface area contributed by atoms with Crippen LogP contribution in [0.5, 0.6) is 5.75 Å². The number of hydrogen-bond donors (Lipinski definition) is 4. The van der Waals surface area contributed by atoms with Crippen molar-refractivity contribution in [3.8, 4) is 5.75 Å². The van der Waals surface area contributed by atoms with Crippen LogP contribution in [-0.2, 0) is 21.0 Å². The van der Waals surface area contributed by atoms with Crippen LogP contribution in [0.15, 0.2) is 60.7 Å². The van der Waals surface area contributed by atoms with Crippen LogP contribution in [0.2, 0.25) is 0 Å². The smallest absolute Gasteiger partial charge is 0.245 e. The maximum Gasteiger partial charge on any atom is 0.245 e. The molecule has 1 aliphatic rings. The van der Waals surface area contributed by atoms with Crippen LogP contribution in [0, 0.1) is 6.92 Å². The van der Waals surface area contributed by atoms with Gasteiger partial charge >= 0.3 is 0 Å². The second-order valence-electron chi connectivity index (χ2n) is 8.06. The summed E-state index contributed by atoms with van der Waals surface area (Å²) in [5, 5.41) is 12.5. The van der Waals surface area contributed by atoms with Crippen molar-refractivity contribution in [2.75, 3.05) is 0 Å². The summed E-state index contributed by atoms with van der Waals surface area (Å²) in [5.74, 6) is -0.211. The van der Waals surface area contributed by atoms with Gasteiger partial charge < -0.3 is 10.1 Å². The monoisotopic (exact) mass is 462 g/mol. The van der Waals surface area contributed by atoms with Crippen LogP contribution in [-0.4, -0.2) is 34.2 Å². The molecule has 3 aromatic rings. The molecule has 2 aromatic carbocycles. The highest BCUT2D eigenvalue weighted by molar-refractivity contribution is 5.82. The number of para-hydroxylation sites is 1. The van der Waals surface area contributed by atoms with Crippen molar-refractivity contribution < 1.29 is 24.4 Å². The molecule has 2 atom stereocenters. The minimum atomic E-state index is -0.643. The fourth-order valence-corrected chi connectivity index (χ4v) is 3.88. The van der Waals surface area contributed by atoms with Crippen LogP contribution < -0.4 is 21.0 Å². The molecule has 4 N–H and O–H groups in total. The van der Waals surface area contributed by atoms with Gasteiger partial charge in [0.25, 0.3) is 0 Å². The van der Waals surface area contributed by atoms with E-state index in [1.54, 1.807) is 11.6 Å². The molecule has 1 aromatic heterocycles. The molecule has 2 heterocycles. The predicted octanol–water partition coefficient (Wildman–Crippen LogP) is 2.77. The fourth-order valence-electron chi connectivity index (χ4n) is 3.88. The normalized spacial score (nSPS) is 15.9. The Balaban J connectivity index is 1.43. The van der Waals surface area contributed by atoms with Gasteiger partial charge in [-0.2, -0.15) is 0 Å². The maximum atomic E-state index is 11.6. The lowest BCUT2D eigenvalue weighted by Gasteiger charge is -2.20. The molecule has 4 rings (SSSR count). The van der Waals surface area contributed by atoms with Gasteiger partial charge in [-0.15, -0.1) is 0 Å². The molecule has 0 saturated heterocycles. The summed E-state index contributed by atoms with van der Waals surface area (Å²) in [7, 11) is 0. The van der Waals surface area contributed by atoms with E-state index in [4.69, 9.17) is 14.8 Å². The number of aryl methyl sites for hydroxylation is 1. The van der Waals surface area contributed by atoms with Gasteiger partial charge in [0, 0.05) is 23.6 Å². The zero-order valence-electron chi connectivity index (χ0n) is 18.9. The first-order chi connectivity index (χ1) is 16.4. The van der Waals surface area contributed by atoms with Gasteiger partial charge in [0.15, 0.2) is 0 Å². The summed E-state index contributed by atoms with van der Waals surface area (Å²) < 4.78 is 6.02. The summed E-state index contributed by atoms with van der Waals surface area (Å²) >= 11 is 0. The highest BCUT2D eigenvalue weighted by Gasteiger charge is 2.29. The summed E-state index contributed by atoms with van der Waals surface area (Å²) in [6.45, 7) is 3.74. The Kier molecular flexibility index (Phi) is 7.05. The third-order valence-electron chi connectivity index (χ3n) is 5.44. The molecule has 2 amide bonds. The van der Waals surface area contributed by atoms with Crippen molar-refractivity contribution in [1.82, 2.24) is 21.3 Å². The number of pyridine rings is 1. The van der Waals surface area contributed by atoms with E-state index in [1.165, 1.54) is 6.92 Å². The van der Waals surface area contributed by atoms with Crippen LogP contribution in [0.1, 0.15) is 30.2 Å². The average molecular weight is 463 g/mol. The van der Waals surface area contributed by atoms with E-state index < -0.39 is 18.1 Å². The highest BCUT2D eigenvalue weighted by Crippen LogP contribution is 2.25. The van der Waals surface area contributed by atoms with Crippen molar-refractivity contribution in [1.29, 1.82) is 0 Å². The van der Waals surface area contributed by atoms with Crippen LogP contribution in [0.25, 0.3) is 16.6 Å². The highest BCUT2D eigenvalue weighted by atomic mass is 16.7. The molecule has 0 fully saturated rings. The van der Waals surface area contributed by atoms with Crippen molar-refractivity contribution in [2.45, 2.75) is 39.0 Å². The van der Waals surface area contributed by atoms with Gasteiger partial charge in [0.2, 0.25) is 11.8 Å². The zero-order valence-corrected chi connectivity index (χ0v) is 18.9. The molecular weight excluding hydrogens is 436 g/mol. The number of carbonyl (C=O) groups excluding carboxylic acids is 2. The molecule has 34 heavy (non-hydrogen) atoms. The number of carbonyl (C=O) groups is 2. The van der Waals surface area contributed by atoms with Crippen molar-refractivity contribution in [3.63, 3.8) is 0 Å². The minimum absolute atomic E-state index is 0.137. The van der Waals surface area contributed by atoms with Crippen LogP contribution >= 0.6 is 0 Å². The molecule has 9 heteroatoms. The van der Waals surface area contributed by atoms with E-state index in [1.807, 2.05) is 61.5 Å². The molecule has 1 aliphatic heterocycles. The quantitative estimate of drug-likeness (QED) is 0.300. The van der Waals surface area contributed by atoms with E-state index in [2.05, 4.69) is 15.8 Å². The molecule has 2 unspecified atom stereocenters. The van der Waals surface area contributed by atoms with Gasteiger partial charge in [0.1, 0.15) is 18.5 Å². The number of benzene rings is 2. The zero-order chi connectivity index (χ0) is 24.1. The van der Waals surface area contributed by atoms with E-state index in [-0.39, 0.29) is 12.3 Å².